The van der Waals surface area contributed by atoms with Crippen LogP contribution in [-0.2, 0) is 19.1 Å². The molecule has 0 aliphatic rings. The van der Waals surface area contributed by atoms with Gasteiger partial charge in [0, 0.05) is 5.69 Å². The molecule has 0 aromatic heterocycles. The fourth-order valence-electron chi connectivity index (χ4n) is 2.56. The lowest BCUT2D eigenvalue weighted by atomic mass is 10.0. The van der Waals surface area contributed by atoms with Gasteiger partial charge in [-0.05, 0) is 36.6 Å². The third-order valence-electron chi connectivity index (χ3n) is 3.83. The van der Waals surface area contributed by atoms with Crippen LogP contribution in [-0.4, -0.2) is 58.2 Å². The Balaban J connectivity index is 2.48. The minimum atomic E-state index is -0.677. The number of hydrogen-bond acceptors (Lipinski definition) is 5. The third-order valence-corrected chi connectivity index (χ3v) is 3.83. The lowest BCUT2D eigenvalue weighted by molar-refractivity contribution is -0.862. The summed E-state index contributed by atoms with van der Waals surface area (Å²) < 4.78 is 9.80. The van der Waals surface area contributed by atoms with Crippen molar-refractivity contribution >= 4 is 23.5 Å². The van der Waals surface area contributed by atoms with Gasteiger partial charge in [-0.3, -0.25) is 9.59 Å². The van der Waals surface area contributed by atoms with Crippen LogP contribution in [0, 0.1) is 5.92 Å². The highest BCUT2D eigenvalue weighted by Crippen LogP contribution is 2.14. The zero-order valence-electron chi connectivity index (χ0n) is 16.6. The molecule has 8 nitrogen and oxygen atoms in total. The molecule has 2 atom stereocenters. The molecule has 0 aliphatic carbocycles. The molecule has 3 N–H and O–H groups in total. The summed E-state index contributed by atoms with van der Waals surface area (Å²) in [4.78, 5) is 36.8. The Labute approximate surface area is 160 Å². The lowest BCUT2D eigenvalue weighted by Crippen LogP contribution is -3.11. The van der Waals surface area contributed by atoms with Gasteiger partial charge in [-0.25, -0.2) is 4.79 Å². The van der Waals surface area contributed by atoms with Crippen LogP contribution in [0.4, 0.5) is 5.69 Å². The van der Waals surface area contributed by atoms with Gasteiger partial charge in [0.1, 0.15) is 11.8 Å². The van der Waals surface area contributed by atoms with Crippen LogP contribution in [0.5, 0.6) is 5.75 Å². The van der Waals surface area contributed by atoms with E-state index in [1.807, 2.05) is 13.8 Å². The molecule has 0 aliphatic heterocycles. The van der Waals surface area contributed by atoms with Crippen molar-refractivity contribution in [2.75, 3.05) is 39.7 Å². The molecule has 8 heteroatoms. The van der Waals surface area contributed by atoms with Gasteiger partial charge in [-0.1, -0.05) is 13.8 Å². The van der Waals surface area contributed by atoms with E-state index >= 15 is 0 Å². The molecule has 0 heterocycles. The minimum absolute atomic E-state index is 0.0711. The second-order valence-corrected chi connectivity index (χ2v) is 6.86. The Morgan fingerprint density at radius 3 is 2.15 bits per heavy atom. The normalized spacial score (nSPS) is 12.8. The summed E-state index contributed by atoms with van der Waals surface area (Å²) in [7, 11) is 4.61. The van der Waals surface area contributed by atoms with Crippen LogP contribution in [0.2, 0.25) is 0 Å². The first kappa shape index (κ1) is 22.4. The summed E-state index contributed by atoms with van der Waals surface area (Å²) in [6, 6.07) is 6.31. The number of ether oxygens (including phenoxy) is 2. The summed E-state index contributed by atoms with van der Waals surface area (Å²) >= 11 is 0. The van der Waals surface area contributed by atoms with Gasteiger partial charge < -0.3 is 25.0 Å². The number of esters is 1. The number of carbonyl (C=O) groups is 3. The van der Waals surface area contributed by atoms with E-state index < -0.39 is 12.0 Å². The molecule has 0 saturated carbocycles. The van der Waals surface area contributed by atoms with Crippen molar-refractivity contribution in [3.63, 3.8) is 0 Å². The molecule has 0 radical (unpaired) electrons. The fourth-order valence-corrected chi connectivity index (χ4v) is 2.56. The molecule has 1 rings (SSSR count). The number of nitrogens with one attached hydrogen (secondary N) is 3. The smallest absolute Gasteiger partial charge is 0.328 e. The molecule has 0 spiro atoms. The van der Waals surface area contributed by atoms with Gasteiger partial charge in [0.2, 0.25) is 0 Å². The standard InChI is InChI=1S/C19H29N3O5/c1-13(2)10-16(19(25)27-5)21-18(24)12-22(3)11-17(23)20-14-6-8-15(26-4)9-7-14/h6-9,13,16H,10-12H2,1-5H3,(H,20,23)(H,21,24)/p+1/t16-/m1/s1. The Bertz CT molecular complexity index is 631. The molecule has 27 heavy (non-hydrogen) atoms. The molecule has 0 fully saturated rings. The van der Waals surface area contributed by atoms with E-state index in [2.05, 4.69) is 10.6 Å². The molecule has 1 aromatic rings. The molecular formula is C19H30N3O5+. The summed E-state index contributed by atoms with van der Waals surface area (Å²) in [6.07, 6.45) is 0.495. The SMILES string of the molecule is COC(=O)[C@@H](CC(C)C)NC(=O)C[NH+](C)CC(=O)Nc1ccc(OC)cc1. The van der Waals surface area contributed by atoms with Gasteiger partial charge in [0.25, 0.3) is 11.8 Å². The summed E-state index contributed by atoms with van der Waals surface area (Å²) in [5.74, 6) is -0.0476. The lowest BCUT2D eigenvalue weighted by Gasteiger charge is -2.19. The van der Waals surface area contributed by atoms with E-state index in [0.29, 0.717) is 22.8 Å². The molecule has 1 unspecified atom stereocenters. The first-order chi connectivity index (χ1) is 12.7. The van der Waals surface area contributed by atoms with E-state index in [1.54, 1.807) is 38.4 Å². The second-order valence-electron chi connectivity index (χ2n) is 6.86. The largest absolute Gasteiger partial charge is 0.497 e. The number of methoxy groups -OCH3 is 2. The zero-order chi connectivity index (χ0) is 20.4. The van der Waals surface area contributed by atoms with Crippen molar-refractivity contribution in [1.29, 1.82) is 0 Å². The summed E-state index contributed by atoms with van der Waals surface area (Å²) in [6.45, 7) is 4.11. The molecule has 2 amide bonds. The molecule has 0 saturated heterocycles. The molecule has 0 bridgehead atoms. The topological polar surface area (TPSA) is 98.2 Å². The van der Waals surface area contributed by atoms with Crippen molar-refractivity contribution in [2.24, 2.45) is 5.92 Å². The average Bonchev–Trinajstić information content (AvgIpc) is 2.60. The van der Waals surface area contributed by atoms with Crippen LogP contribution in [0.3, 0.4) is 0 Å². The van der Waals surface area contributed by atoms with Crippen molar-refractivity contribution < 1.29 is 28.8 Å². The van der Waals surface area contributed by atoms with Crippen LogP contribution < -0.4 is 20.3 Å². The van der Waals surface area contributed by atoms with Crippen LogP contribution in [0.15, 0.2) is 24.3 Å². The van der Waals surface area contributed by atoms with Gasteiger partial charge in [-0.2, -0.15) is 0 Å². The molecular weight excluding hydrogens is 350 g/mol. The first-order valence-corrected chi connectivity index (χ1v) is 8.87. The van der Waals surface area contributed by atoms with Crippen molar-refractivity contribution in [3.8, 4) is 5.75 Å². The number of likely N-dealkylation sites (N-methyl/N-ethyl adjacent to an activating group) is 1. The predicted molar refractivity (Wildman–Crippen MR) is 102 cm³/mol. The van der Waals surface area contributed by atoms with E-state index in [9.17, 15) is 14.4 Å². The van der Waals surface area contributed by atoms with Crippen LogP contribution in [0.1, 0.15) is 20.3 Å². The Morgan fingerprint density at radius 1 is 1.04 bits per heavy atom. The molecule has 150 valence electrons. The monoisotopic (exact) mass is 380 g/mol. The third kappa shape index (κ3) is 8.54. The Hall–Kier alpha value is -2.61. The number of anilines is 1. The quantitative estimate of drug-likeness (QED) is 0.491. The van der Waals surface area contributed by atoms with Crippen LogP contribution >= 0.6 is 0 Å². The highest BCUT2D eigenvalue weighted by atomic mass is 16.5. The van der Waals surface area contributed by atoms with E-state index in [0.717, 1.165) is 0 Å². The predicted octanol–water partition coefficient (Wildman–Crippen LogP) is -0.148. The minimum Gasteiger partial charge on any atom is -0.497 e. The molecule has 1 aromatic carbocycles. The number of hydrogen-bond donors (Lipinski definition) is 3. The maximum absolute atomic E-state index is 12.2. The second kappa shape index (κ2) is 11.2. The summed E-state index contributed by atoms with van der Waals surface area (Å²) in [5.41, 5.74) is 0.653. The number of quaternary nitrogens is 1. The van der Waals surface area contributed by atoms with E-state index in [4.69, 9.17) is 9.47 Å². The number of carbonyl (C=O) groups excluding carboxylic acids is 3. The number of rotatable bonds is 10. The number of benzene rings is 1. The van der Waals surface area contributed by atoms with Crippen molar-refractivity contribution in [2.45, 2.75) is 26.3 Å². The van der Waals surface area contributed by atoms with Gasteiger partial charge in [0.15, 0.2) is 13.1 Å². The Morgan fingerprint density at radius 2 is 1.63 bits per heavy atom. The van der Waals surface area contributed by atoms with Gasteiger partial charge >= 0.3 is 5.97 Å². The highest BCUT2D eigenvalue weighted by molar-refractivity contribution is 5.91. The van der Waals surface area contributed by atoms with E-state index in [1.165, 1.54) is 7.11 Å². The zero-order valence-corrected chi connectivity index (χ0v) is 16.6. The maximum atomic E-state index is 12.2. The van der Waals surface area contributed by atoms with Crippen molar-refractivity contribution in [1.82, 2.24) is 5.32 Å². The Kier molecular flexibility index (Phi) is 9.29. The first-order valence-electron chi connectivity index (χ1n) is 8.87. The van der Waals surface area contributed by atoms with Gasteiger partial charge in [0.05, 0.1) is 21.3 Å². The average molecular weight is 380 g/mol. The summed E-state index contributed by atoms with van der Waals surface area (Å²) in [5, 5.41) is 5.46. The maximum Gasteiger partial charge on any atom is 0.328 e. The van der Waals surface area contributed by atoms with Gasteiger partial charge in [-0.15, -0.1) is 0 Å². The number of amides is 2. The highest BCUT2D eigenvalue weighted by Gasteiger charge is 2.24. The van der Waals surface area contributed by atoms with Crippen molar-refractivity contribution in [3.05, 3.63) is 24.3 Å². The van der Waals surface area contributed by atoms with Crippen LogP contribution in [0.25, 0.3) is 0 Å². The fraction of sp³-hybridized carbons (Fsp3) is 0.526. The van der Waals surface area contributed by atoms with E-state index in [-0.39, 0.29) is 30.8 Å².